The summed E-state index contributed by atoms with van der Waals surface area (Å²) in [5.41, 5.74) is 2.52. The quantitative estimate of drug-likeness (QED) is 0.850. The highest BCUT2D eigenvalue weighted by atomic mass is 32.1. The van der Waals surface area contributed by atoms with Gasteiger partial charge in [0, 0.05) is 18.3 Å². The third-order valence-corrected chi connectivity index (χ3v) is 5.35. The van der Waals surface area contributed by atoms with Gasteiger partial charge >= 0.3 is 0 Å². The van der Waals surface area contributed by atoms with Crippen molar-refractivity contribution in [2.75, 3.05) is 11.4 Å². The van der Waals surface area contributed by atoms with E-state index in [1.54, 1.807) is 0 Å². The molecule has 0 aliphatic heterocycles. The predicted octanol–water partition coefficient (Wildman–Crippen LogP) is 3.88. The maximum atomic E-state index is 5.68. The van der Waals surface area contributed by atoms with Gasteiger partial charge in [0.05, 0.1) is 0 Å². The van der Waals surface area contributed by atoms with E-state index in [1.165, 1.54) is 36.9 Å². The van der Waals surface area contributed by atoms with Crippen LogP contribution in [0, 0.1) is 18.8 Å². The first kappa shape index (κ1) is 13.9. The number of nitrogens with zero attached hydrogens (tertiary/aromatic N) is 1. The van der Waals surface area contributed by atoms with Crippen LogP contribution in [-0.2, 0) is 0 Å². The van der Waals surface area contributed by atoms with Crippen LogP contribution < -0.4 is 10.2 Å². The number of rotatable bonds is 3. The summed E-state index contributed by atoms with van der Waals surface area (Å²) in [7, 11) is 0. The molecule has 3 rings (SSSR count). The molecule has 2 aliphatic carbocycles. The molecule has 2 aliphatic rings. The number of thiocarbonyl (C=S) groups is 1. The van der Waals surface area contributed by atoms with Gasteiger partial charge in [-0.3, -0.25) is 0 Å². The minimum atomic E-state index is 0.610. The molecular formula is C17H24N2S. The van der Waals surface area contributed by atoms with E-state index >= 15 is 0 Å². The van der Waals surface area contributed by atoms with Crippen molar-refractivity contribution in [3.05, 3.63) is 29.8 Å². The normalized spacial score (nSPS) is 27.6. The van der Waals surface area contributed by atoms with Gasteiger partial charge in [0.25, 0.3) is 0 Å². The number of hydrogen-bond donors (Lipinski definition) is 1. The average Bonchev–Trinajstić information content (AvgIpc) is 3.04. The third-order valence-electron chi connectivity index (χ3n) is 5.01. The molecule has 0 aromatic heterocycles. The molecule has 1 aromatic carbocycles. The lowest BCUT2D eigenvalue weighted by atomic mass is 9.95. The molecule has 3 atom stereocenters. The zero-order chi connectivity index (χ0) is 14.1. The lowest BCUT2D eigenvalue weighted by Gasteiger charge is -2.31. The number of hydrogen-bond acceptors (Lipinski definition) is 1. The Balaban J connectivity index is 1.70. The van der Waals surface area contributed by atoms with Crippen LogP contribution in [0.3, 0.4) is 0 Å². The Morgan fingerprint density at radius 2 is 2.10 bits per heavy atom. The van der Waals surface area contributed by atoms with Gasteiger partial charge in [-0.1, -0.05) is 24.6 Å². The summed E-state index contributed by atoms with van der Waals surface area (Å²) in [5, 5.41) is 4.55. The number of aryl methyl sites for hydroxylation is 1. The van der Waals surface area contributed by atoms with Gasteiger partial charge in [0.2, 0.25) is 0 Å². The maximum absolute atomic E-state index is 5.68. The molecular weight excluding hydrogens is 264 g/mol. The van der Waals surface area contributed by atoms with Crippen LogP contribution >= 0.6 is 12.2 Å². The molecule has 0 saturated heterocycles. The second-order valence-electron chi connectivity index (χ2n) is 6.26. The topological polar surface area (TPSA) is 15.3 Å². The van der Waals surface area contributed by atoms with Crippen molar-refractivity contribution in [2.24, 2.45) is 11.8 Å². The Bertz CT molecular complexity index is 500. The summed E-state index contributed by atoms with van der Waals surface area (Å²) in [6.07, 6.45) is 5.55. The van der Waals surface area contributed by atoms with Gasteiger partial charge < -0.3 is 10.2 Å². The number of fused-ring (bicyclic) bond motifs is 2. The smallest absolute Gasteiger partial charge is 0.173 e. The van der Waals surface area contributed by atoms with Crippen LogP contribution in [-0.4, -0.2) is 17.7 Å². The molecule has 0 radical (unpaired) electrons. The Morgan fingerprint density at radius 1 is 1.30 bits per heavy atom. The Morgan fingerprint density at radius 3 is 2.70 bits per heavy atom. The first-order chi connectivity index (χ1) is 9.69. The first-order valence-electron chi connectivity index (χ1n) is 7.82. The lowest BCUT2D eigenvalue weighted by Crippen LogP contribution is -2.46. The van der Waals surface area contributed by atoms with E-state index in [0.717, 1.165) is 23.5 Å². The molecule has 3 heteroatoms. The van der Waals surface area contributed by atoms with Gasteiger partial charge in [-0.05, 0) is 68.8 Å². The van der Waals surface area contributed by atoms with Crippen LogP contribution in [0.15, 0.2) is 24.3 Å². The van der Waals surface area contributed by atoms with Crippen molar-refractivity contribution < 1.29 is 0 Å². The molecule has 2 fully saturated rings. The van der Waals surface area contributed by atoms with Crippen molar-refractivity contribution in [3.63, 3.8) is 0 Å². The lowest BCUT2D eigenvalue weighted by molar-refractivity contribution is 0.390. The summed E-state index contributed by atoms with van der Waals surface area (Å²) in [5.74, 6) is 1.81. The Hall–Kier alpha value is -1.09. The zero-order valence-electron chi connectivity index (χ0n) is 12.4. The SMILES string of the molecule is CCN(C(=S)N[C@@H]1C[C@H]2CC[C@H]1C2)c1ccccc1C. The fraction of sp³-hybridized carbons (Fsp3) is 0.588. The van der Waals surface area contributed by atoms with Gasteiger partial charge in [-0.25, -0.2) is 0 Å². The number of nitrogens with one attached hydrogen (secondary N) is 1. The Labute approximate surface area is 127 Å². The molecule has 0 unspecified atom stereocenters. The van der Waals surface area contributed by atoms with E-state index < -0.39 is 0 Å². The fourth-order valence-corrected chi connectivity index (χ4v) is 4.33. The third kappa shape index (κ3) is 2.56. The second kappa shape index (κ2) is 5.72. The van der Waals surface area contributed by atoms with Crippen molar-refractivity contribution in [1.82, 2.24) is 5.32 Å². The van der Waals surface area contributed by atoms with Gasteiger partial charge in [0.1, 0.15) is 0 Å². The standard InChI is InChI=1S/C17H24N2S/c1-3-19(16-7-5-4-6-12(16)2)17(20)18-15-11-13-8-9-14(15)10-13/h4-7,13-15H,3,8-11H2,1-2H3,(H,18,20)/t13-,14-,15+/m0/s1. The van der Waals surface area contributed by atoms with E-state index in [0.29, 0.717) is 6.04 Å². The Kier molecular flexibility index (Phi) is 3.97. The fourth-order valence-electron chi connectivity index (χ4n) is 3.95. The molecule has 20 heavy (non-hydrogen) atoms. The highest BCUT2D eigenvalue weighted by molar-refractivity contribution is 7.80. The highest BCUT2D eigenvalue weighted by Gasteiger charge is 2.40. The molecule has 2 saturated carbocycles. The summed E-state index contributed by atoms with van der Waals surface area (Å²) in [6, 6.07) is 9.09. The van der Waals surface area contributed by atoms with E-state index in [2.05, 4.69) is 48.3 Å². The number of para-hydroxylation sites is 1. The number of anilines is 1. The van der Waals surface area contributed by atoms with E-state index in [-0.39, 0.29) is 0 Å². The van der Waals surface area contributed by atoms with Gasteiger partial charge in [-0.15, -0.1) is 0 Å². The van der Waals surface area contributed by atoms with Crippen LogP contribution in [0.2, 0.25) is 0 Å². The largest absolute Gasteiger partial charge is 0.359 e. The maximum Gasteiger partial charge on any atom is 0.173 e. The van der Waals surface area contributed by atoms with Gasteiger partial charge in [0.15, 0.2) is 5.11 Å². The monoisotopic (exact) mass is 288 g/mol. The average molecular weight is 288 g/mol. The van der Waals surface area contributed by atoms with E-state index in [1.807, 2.05) is 0 Å². The first-order valence-corrected chi connectivity index (χ1v) is 8.23. The zero-order valence-corrected chi connectivity index (χ0v) is 13.2. The van der Waals surface area contributed by atoms with Crippen molar-refractivity contribution in [2.45, 2.75) is 45.6 Å². The van der Waals surface area contributed by atoms with Crippen molar-refractivity contribution in [1.29, 1.82) is 0 Å². The molecule has 1 N–H and O–H groups in total. The van der Waals surface area contributed by atoms with Crippen molar-refractivity contribution in [3.8, 4) is 0 Å². The minimum Gasteiger partial charge on any atom is -0.359 e. The number of benzene rings is 1. The van der Waals surface area contributed by atoms with Crippen LogP contribution in [0.5, 0.6) is 0 Å². The van der Waals surface area contributed by atoms with Crippen molar-refractivity contribution >= 4 is 23.0 Å². The second-order valence-corrected chi connectivity index (χ2v) is 6.65. The molecule has 0 spiro atoms. The summed E-state index contributed by atoms with van der Waals surface area (Å²) in [4.78, 5) is 2.23. The predicted molar refractivity (Wildman–Crippen MR) is 89.2 cm³/mol. The molecule has 0 heterocycles. The minimum absolute atomic E-state index is 0.610. The van der Waals surface area contributed by atoms with Crippen LogP contribution in [0.25, 0.3) is 0 Å². The van der Waals surface area contributed by atoms with E-state index in [4.69, 9.17) is 12.2 Å². The molecule has 108 valence electrons. The highest BCUT2D eigenvalue weighted by Crippen LogP contribution is 2.44. The molecule has 1 aromatic rings. The summed E-state index contributed by atoms with van der Waals surface area (Å²) in [6.45, 7) is 5.23. The molecule has 0 amide bonds. The van der Waals surface area contributed by atoms with Gasteiger partial charge in [-0.2, -0.15) is 0 Å². The van der Waals surface area contributed by atoms with Crippen LogP contribution in [0.4, 0.5) is 5.69 Å². The van der Waals surface area contributed by atoms with Crippen LogP contribution in [0.1, 0.15) is 38.2 Å². The summed E-state index contributed by atoms with van der Waals surface area (Å²) >= 11 is 5.68. The molecule has 2 nitrogen and oxygen atoms in total. The molecule has 2 bridgehead atoms. The summed E-state index contributed by atoms with van der Waals surface area (Å²) < 4.78 is 0. The van der Waals surface area contributed by atoms with E-state index in [9.17, 15) is 0 Å².